The number of pyridine rings is 1. The Morgan fingerprint density at radius 3 is 2.49 bits per heavy atom. The highest BCUT2D eigenvalue weighted by molar-refractivity contribution is 7.89. The Balaban J connectivity index is 1.85. The first kappa shape index (κ1) is 27.8. The molecule has 39 heavy (non-hydrogen) atoms. The van der Waals surface area contributed by atoms with E-state index in [1.165, 1.54) is 25.6 Å². The number of halogens is 4. The van der Waals surface area contributed by atoms with Crippen LogP contribution in [0.25, 0.3) is 16.9 Å². The van der Waals surface area contributed by atoms with E-state index in [2.05, 4.69) is 25.4 Å². The van der Waals surface area contributed by atoms with Gasteiger partial charge in [-0.1, -0.05) is 11.6 Å². The van der Waals surface area contributed by atoms with E-state index in [1.54, 1.807) is 18.2 Å². The van der Waals surface area contributed by atoms with Crippen LogP contribution < -0.4 is 14.8 Å². The number of hydrogen-bond donors (Lipinski definition) is 2. The molecule has 16 heteroatoms. The van der Waals surface area contributed by atoms with Crippen LogP contribution in [-0.4, -0.2) is 52.4 Å². The molecule has 0 aliphatic heterocycles. The normalized spacial score (nSPS) is 11.8. The maximum atomic E-state index is 13.3. The lowest BCUT2D eigenvalue weighted by atomic mass is 10.1. The first-order chi connectivity index (χ1) is 18.2. The van der Waals surface area contributed by atoms with E-state index < -0.39 is 27.8 Å². The number of aromatic nitrogens is 5. The summed E-state index contributed by atoms with van der Waals surface area (Å²) in [6.07, 6.45) is -0.297. The second kappa shape index (κ2) is 10.5. The van der Waals surface area contributed by atoms with Crippen molar-refractivity contribution >= 4 is 39.2 Å². The van der Waals surface area contributed by atoms with Gasteiger partial charge in [-0.25, -0.2) is 27.8 Å². The van der Waals surface area contributed by atoms with Crippen molar-refractivity contribution in [3.8, 4) is 22.8 Å². The molecular weight excluding hydrogens is 563 g/mol. The molecule has 4 rings (SSSR count). The molecule has 2 N–H and O–H groups in total. The van der Waals surface area contributed by atoms with Crippen LogP contribution in [0, 0.1) is 6.92 Å². The quantitative estimate of drug-likeness (QED) is 0.329. The third-order valence-corrected chi connectivity index (χ3v) is 5.82. The number of ether oxygens (including phenoxy) is 1. The lowest BCUT2D eigenvalue weighted by molar-refractivity contribution is -0.141. The predicted octanol–water partition coefficient (Wildman–Crippen LogP) is 4.15. The third kappa shape index (κ3) is 6.61. The minimum absolute atomic E-state index is 0.0102. The summed E-state index contributed by atoms with van der Waals surface area (Å²) in [7, 11) is -2.69. The molecule has 0 fully saturated rings. The summed E-state index contributed by atoms with van der Waals surface area (Å²) < 4.78 is 70.8. The molecule has 3 heterocycles. The van der Waals surface area contributed by atoms with Gasteiger partial charge < -0.3 is 10.1 Å². The van der Waals surface area contributed by atoms with Crippen molar-refractivity contribution in [2.45, 2.75) is 13.1 Å². The Hall–Kier alpha value is -4.24. The van der Waals surface area contributed by atoms with Gasteiger partial charge in [-0.05, 0) is 42.8 Å². The van der Waals surface area contributed by atoms with E-state index in [0.717, 1.165) is 28.8 Å². The topological polar surface area (TPSA) is 141 Å². The Morgan fingerprint density at radius 2 is 1.87 bits per heavy atom. The molecule has 0 radical (unpaired) electrons. The number of alkyl halides is 3. The number of rotatable bonds is 7. The van der Waals surface area contributed by atoms with E-state index in [-0.39, 0.29) is 34.3 Å². The van der Waals surface area contributed by atoms with Crippen LogP contribution in [0.1, 0.15) is 21.6 Å². The van der Waals surface area contributed by atoms with Crippen molar-refractivity contribution in [1.82, 2.24) is 29.5 Å². The van der Waals surface area contributed by atoms with Gasteiger partial charge in [0.2, 0.25) is 21.9 Å². The molecule has 3 aromatic heterocycles. The Labute approximate surface area is 225 Å². The maximum Gasteiger partial charge on any atom is 0.435 e. The van der Waals surface area contributed by atoms with E-state index >= 15 is 0 Å². The van der Waals surface area contributed by atoms with Crippen molar-refractivity contribution in [2.75, 3.05) is 18.7 Å². The number of carbonyl (C=O) groups excluding carboxylic acids is 1. The van der Waals surface area contributed by atoms with Crippen LogP contribution >= 0.6 is 11.6 Å². The lowest BCUT2D eigenvalue weighted by Gasteiger charge is -2.14. The smallest absolute Gasteiger partial charge is 0.435 e. The summed E-state index contributed by atoms with van der Waals surface area (Å²) in [6.45, 7) is 1.82. The van der Waals surface area contributed by atoms with Gasteiger partial charge in [0.05, 0.1) is 13.4 Å². The number of amides is 1. The molecule has 1 amide bonds. The van der Waals surface area contributed by atoms with Crippen molar-refractivity contribution in [1.29, 1.82) is 0 Å². The molecule has 4 aromatic rings. The van der Waals surface area contributed by atoms with Gasteiger partial charge in [0.1, 0.15) is 5.56 Å². The fourth-order valence-corrected chi connectivity index (χ4v) is 4.23. The van der Waals surface area contributed by atoms with Gasteiger partial charge in [0.15, 0.2) is 11.5 Å². The van der Waals surface area contributed by atoms with Gasteiger partial charge in [-0.15, -0.1) is 0 Å². The highest BCUT2D eigenvalue weighted by atomic mass is 35.5. The largest absolute Gasteiger partial charge is 0.480 e. The molecule has 0 atom stereocenters. The number of benzene rings is 1. The summed E-state index contributed by atoms with van der Waals surface area (Å²) in [5.74, 6) is -1.30. The zero-order valence-corrected chi connectivity index (χ0v) is 22.0. The average molecular weight is 582 g/mol. The number of nitrogens with one attached hydrogen (secondary N) is 2. The third-order valence-electron chi connectivity index (χ3n) is 5.04. The van der Waals surface area contributed by atoms with E-state index in [4.69, 9.17) is 16.3 Å². The second-order valence-corrected chi connectivity index (χ2v) is 10.4. The number of nitrogens with zero attached hydrogens (tertiary/aromatic N) is 5. The van der Waals surface area contributed by atoms with Crippen molar-refractivity contribution in [3.05, 3.63) is 70.8 Å². The van der Waals surface area contributed by atoms with Crippen molar-refractivity contribution in [3.63, 3.8) is 0 Å². The fourth-order valence-electron chi connectivity index (χ4n) is 3.49. The maximum absolute atomic E-state index is 13.3. The summed E-state index contributed by atoms with van der Waals surface area (Å²) in [5, 5.41) is 7.00. The summed E-state index contributed by atoms with van der Waals surface area (Å²) in [4.78, 5) is 25.2. The zero-order chi connectivity index (χ0) is 28.5. The first-order valence-corrected chi connectivity index (χ1v) is 13.1. The van der Waals surface area contributed by atoms with Gasteiger partial charge >= 0.3 is 6.18 Å². The average Bonchev–Trinajstić information content (AvgIpc) is 3.33. The first-order valence-electron chi connectivity index (χ1n) is 10.8. The molecule has 0 spiro atoms. The van der Waals surface area contributed by atoms with Crippen LogP contribution in [0.4, 0.5) is 24.8 Å². The van der Waals surface area contributed by atoms with Gasteiger partial charge in [0, 0.05) is 40.4 Å². The van der Waals surface area contributed by atoms with Crippen LogP contribution in [0.3, 0.4) is 0 Å². The fraction of sp³-hybridized carbons (Fsp3) is 0.174. The number of sulfonamides is 1. The van der Waals surface area contributed by atoms with Gasteiger partial charge in [-0.3, -0.25) is 4.79 Å². The number of carbonyl (C=O) groups is 1. The minimum atomic E-state index is -4.71. The zero-order valence-electron chi connectivity index (χ0n) is 20.4. The monoisotopic (exact) mass is 581 g/mol. The Bertz CT molecular complexity index is 1660. The Kier molecular flexibility index (Phi) is 7.48. The highest BCUT2D eigenvalue weighted by Crippen LogP contribution is 2.32. The summed E-state index contributed by atoms with van der Waals surface area (Å²) in [6, 6.07) is 7.13. The molecule has 0 bridgehead atoms. The molecule has 0 saturated carbocycles. The van der Waals surface area contributed by atoms with Crippen LogP contribution in [0.5, 0.6) is 5.88 Å². The standard InChI is InChI=1S/C23H19ClF3N7O4S/c1-12-6-14(24)9-15(7-12)30-22-29-11-17(19(31-22)34-5-4-18(32-34)23(25,26)27)13-8-16(21(38-2)28-10-13)20(35)33-39(3,36)37/h4-11H,1-3H3,(H,33,35)(H,29,30,31). The number of aryl methyl sites for hydroxylation is 1. The van der Waals surface area contributed by atoms with Crippen molar-refractivity contribution in [2.24, 2.45) is 0 Å². The van der Waals surface area contributed by atoms with E-state index in [1.807, 2.05) is 11.6 Å². The SMILES string of the molecule is COc1ncc(-c2cnc(Nc3cc(C)cc(Cl)c3)nc2-n2ccc(C(F)(F)F)n2)cc1C(=O)NS(C)(=O)=O. The van der Waals surface area contributed by atoms with Crippen LogP contribution in [0.2, 0.25) is 5.02 Å². The molecule has 0 aliphatic carbocycles. The number of anilines is 2. The van der Waals surface area contributed by atoms with Gasteiger partial charge in [0.25, 0.3) is 5.91 Å². The van der Waals surface area contributed by atoms with E-state index in [9.17, 15) is 26.4 Å². The molecular formula is C23H19ClF3N7O4S. The minimum Gasteiger partial charge on any atom is -0.480 e. The number of methoxy groups -OCH3 is 1. The highest BCUT2D eigenvalue weighted by Gasteiger charge is 2.34. The van der Waals surface area contributed by atoms with Crippen LogP contribution in [0.15, 0.2) is 48.9 Å². The van der Waals surface area contributed by atoms with Gasteiger partial charge in [-0.2, -0.15) is 23.3 Å². The summed E-state index contributed by atoms with van der Waals surface area (Å²) in [5.41, 5.74) is 0.253. The predicted molar refractivity (Wildman–Crippen MR) is 136 cm³/mol. The number of hydrogen-bond acceptors (Lipinski definition) is 9. The molecule has 0 saturated heterocycles. The molecule has 204 valence electrons. The molecule has 1 aromatic carbocycles. The second-order valence-electron chi connectivity index (χ2n) is 8.20. The van der Waals surface area contributed by atoms with Crippen LogP contribution in [-0.2, 0) is 16.2 Å². The van der Waals surface area contributed by atoms with Crippen molar-refractivity contribution < 1.29 is 31.1 Å². The Morgan fingerprint density at radius 1 is 1.13 bits per heavy atom. The molecule has 0 unspecified atom stereocenters. The van der Waals surface area contributed by atoms with E-state index in [0.29, 0.717) is 10.7 Å². The lowest BCUT2D eigenvalue weighted by Crippen LogP contribution is -2.29. The summed E-state index contributed by atoms with van der Waals surface area (Å²) >= 11 is 6.11. The molecule has 11 nitrogen and oxygen atoms in total. The molecule has 0 aliphatic rings.